The van der Waals surface area contributed by atoms with Gasteiger partial charge < -0.3 is 25.4 Å². The number of amides is 3. The first-order valence-electron chi connectivity index (χ1n) is 10.8. The number of aromatic hydroxyl groups is 1. The van der Waals surface area contributed by atoms with Crippen molar-refractivity contribution in [1.29, 1.82) is 0 Å². The van der Waals surface area contributed by atoms with E-state index in [0.29, 0.717) is 16.6 Å². The summed E-state index contributed by atoms with van der Waals surface area (Å²) in [6.07, 6.45) is 3.64. The van der Waals surface area contributed by atoms with Crippen LogP contribution in [0.1, 0.15) is 28.4 Å². The van der Waals surface area contributed by atoms with E-state index < -0.39 is 57.1 Å². The summed E-state index contributed by atoms with van der Waals surface area (Å²) in [5.41, 5.74) is 9.13. The van der Waals surface area contributed by atoms with E-state index in [4.69, 9.17) is 16.2 Å². The summed E-state index contributed by atoms with van der Waals surface area (Å²) in [5.74, 6) is -4.88. The summed E-state index contributed by atoms with van der Waals surface area (Å²) < 4.78 is 43.0. The Balaban J connectivity index is 0.00000800. The second kappa shape index (κ2) is 18.5. The van der Waals surface area contributed by atoms with Crippen molar-refractivity contribution in [1.82, 2.24) is 9.47 Å². The summed E-state index contributed by atoms with van der Waals surface area (Å²) in [6.45, 7) is 1.39. The first kappa shape index (κ1) is 40.8. The monoisotopic (exact) mass is 666 g/mol. The van der Waals surface area contributed by atoms with E-state index in [0.717, 1.165) is 4.90 Å². The van der Waals surface area contributed by atoms with Crippen molar-refractivity contribution in [3.63, 3.8) is 0 Å². The van der Waals surface area contributed by atoms with Gasteiger partial charge in [0.25, 0.3) is 23.3 Å². The Morgan fingerprint density at radius 2 is 1.78 bits per heavy atom. The fraction of sp³-hybridized carbons (Fsp3) is 0.333. The number of carbonyl (C=O) groups excluding carboxylic acids is 3. The molecule has 0 radical (unpaired) electrons. The topological polar surface area (TPSA) is 257 Å². The molecule has 1 aromatic heterocycles. The Bertz CT molecular complexity index is 1420. The number of ether oxygens (including phenoxy) is 1. The summed E-state index contributed by atoms with van der Waals surface area (Å²) in [7, 11) is -4.78. The molecule has 0 fully saturated rings. The summed E-state index contributed by atoms with van der Waals surface area (Å²) in [6, 6.07) is 0. The normalized spacial score (nSPS) is 14.9. The Morgan fingerprint density at radius 3 is 2.32 bits per heavy atom. The van der Waals surface area contributed by atoms with E-state index in [1.165, 1.54) is 32.1 Å². The van der Waals surface area contributed by atoms with Crippen LogP contribution >= 0.6 is 12.0 Å². The number of aromatic nitrogens is 1. The van der Waals surface area contributed by atoms with Crippen molar-refractivity contribution >= 4 is 46.0 Å². The number of nitrogens with two attached hydrogens (primary N) is 2. The molecule has 3 amide bonds. The van der Waals surface area contributed by atoms with E-state index in [9.17, 15) is 42.5 Å². The van der Waals surface area contributed by atoms with Gasteiger partial charge in [-0.25, -0.2) is 8.42 Å². The fourth-order valence-electron chi connectivity index (χ4n) is 3.62. The van der Waals surface area contributed by atoms with Gasteiger partial charge in [0.1, 0.15) is 12.3 Å². The first-order valence-corrected chi connectivity index (χ1v) is 13.3. The molecule has 0 saturated heterocycles. The standard InChI is InChI=1S/C21H26N4O12S2.2K/c1-11-13(18(27)25(7-9-39(32,33)34)20(29)15(11)17(23)26)4-3-5-14-12(2)16(35-10-22)21(30)24(19(14)28)6-8-38-37-36-31;;/h3-5,29,31H,6-10,22H2,1-2H3,(H2,23,26)(H,32,33,34);;/q;2*+1/p-2. The SMILES string of the molecule is CC1=C(OCN)C(=O)N(CCSOO[O-])C(=O)C1=CC=Cc1c(C)c(C(N)=O)c(O)n(CCS(=O)(=O)[O-])c1=O.[K+].[K+]. The second-order valence-corrected chi connectivity index (χ2v) is 10.0. The predicted octanol–water partition coefficient (Wildman–Crippen LogP) is -8.10. The largest absolute Gasteiger partial charge is 1.00 e. The second-order valence-electron chi connectivity index (χ2n) is 7.74. The van der Waals surface area contributed by atoms with Crippen molar-refractivity contribution in [2.75, 3.05) is 24.8 Å². The van der Waals surface area contributed by atoms with Crippen LogP contribution in [0, 0.1) is 6.92 Å². The minimum atomic E-state index is -4.78. The molecule has 0 aromatic carbocycles. The zero-order chi connectivity index (χ0) is 29.5. The van der Waals surface area contributed by atoms with Crippen molar-refractivity contribution in [3.8, 4) is 5.88 Å². The molecule has 1 aliphatic rings. The Kier molecular flexibility index (Phi) is 18.4. The molecule has 2 heterocycles. The Labute approximate surface area is 323 Å². The number of primary amides is 1. The zero-order valence-electron chi connectivity index (χ0n) is 22.6. The predicted molar refractivity (Wildman–Crippen MR) is 131 cm³/mol. The average Bonchev–Trinajstić information content (AvgIpc) is 2.84. The van der Waals surface area contributed by atoms with E-state index in [1.807, 2.05) is 0 Å². The summed E-state index contributed by atoms with van der Waals surface area (Å²) in [5, 5.41) is 23.5. The molecule has 20 heteroatoms. The summed E-state index contributed by atoms with van der Waals surface area (Å²) >= 11 is 0.549. The molecule has 0 unspecified atom stereocenters. The Hall–Kier alpha value is -0.247. The number of hydrogen-bond donors (Lipinski definition) is 3. The number of hydrogen-bond acceptors (Lipinski definition) is 14. The fourth-order valence-corrected chi connectivity index (χ4v) is 4.39. The van der Waals surface area contributed by atoms with Gasteiger partial charge in [-0.15, -0.1) is 0 Å². The minimum absolute atomic E-state index is 0. The van der Waals surface area contributed by atoms with Crippen molar-refractivity contribution < 1.29 is 155 Å². The molecule has 1 aromatic rings. The molecular formula is C21H24K2N4O12S2. The maximum atomic E-state index is 13.0. The maximum Gasteiger partial charge on any atom is 1.00 e. The van der Waals surface area contributed by atoms with Crippen molar-refractivity contribution in [3.05, 3.63) is 56.1 Å². The van der Waals surface area contributed by atoms with E-state index in [1.54, 1.807) is 0 Å². The molecule has 2 rings (SSSR count). The van der Waals surface area contributed by atoms with Crippen molar-refractivity contribution in [2.24, 2.45) is 11.5 Å². The molecule has 0 aliphatic carbocycles. The van der Waals surface area contributed by atoms with Gasteiger partial charge in [-0.2, -0.15) is 4.33 Å². The van der Waals surface area contributed by atoms with Gasteiger partial charge in [0.2, 0.25) is 5.88 Å². The van der Waals surface area contributed by atoms with E-state index in [2.05, 4.69) is 9.37 Å². The van der Waals surface area contributed by atoms with Gasteiger partial charge in [-0.3, -0.25) is 39.4 Å². The minimum Gasteiger partial charge on any atom is -0.748 e. The molecule has 214 valence electrons. The zero-order valence-corrected chi connectivity index (χ0v) is 30.5. The average molecular weight is 667 g/mol. The first-order chi connectivity index (χ1) is 18.3. The molecule has 1 aliphatic heterocycles. The molecule has 0 bridgehead atoms. The van der Waals surface area contributed by atoms with Crippen LogP contribution in [0.25, 0.3) is 6.08 Å². The van der Waals surface area contributed by atoms with Crippen LogP contribution in [0.3, 0.4) is 0 Å². The van der Waals surface area contributed by atoms with E-state index in [-0.39, 0.29) is 150 Å². The van der Waals surface area contributed by atoms with Crippen LogP contribution in [-0.4, -0.2) is 70.0 Å². The third-order valence-electron chi connectivity index (χ3n) is 5.43. The smallest absolute Gasteiger partial charge is 0.748 e. The maximum absolute atomic E-state index is 13.0. The number of carbonyl (C=O) groups is 3. The van der Waals surface area contributed by atoms with Gasteiger partial charge >= 0.3 is 103 Å². The van der Waals surface area contributed by atoms with Crippen molar-refractivity contribution in [2.45, 2.75) is 20.4 Å². The number of nitrogens with zero attached hydrogens (tertiary/aromatic N) is 2. The molecule has 16 nitrogen and oxygen atoms in total. The molecule has 41 heavy (non-hydrogen) atoms. The van der Waals surface area contributed by atoms with E-state index >= 15 is 0 Å². The van der Waals surface area contributed by atoms with Gasteiger partial charge in [0, 0.05) is 47.6 Å². The molecule has 0 saturated carbocycles. The van der Waals surface area contributed by atoms with Crippen LogP contribution < -0.4 is 125 Å². The van der Waals surface area contributed by atoms with Crippen LogP contribution in [0.2, 0.25) is 0 Å². The molecule has 5 N–H and O–H groups in total. The quantitative estimate of drug-likeness (QED) is 0.0203. The van der Waals surface area contributed by atoms with Crippen LogP contribution in [-0.2, 0) is 40.4 Å². The number of rotatable bonds is 13. The molecule has 0 spiro atoms. The molecular weight excluding hydrogens is 643 g/mol. The number of allylic oxidation sites excluding steroid dienone is 2. The third-order valence-corrected chi connectivity index (χ3v) is 6.62. The number of pyridine rings is 1. The summed E-state index contributed by atoms with van der Waals surface area (Å²) in [4.78, 5) is 51.5. The van der Waals surface area contributed by atoms with Crippen LogP contribution in [0.5, 0.6) is 5.88 Å². The third kappa shape index (κ3) is 10.7. The van der Waals surface area contributed by atoms with Gasteiger partial charge in [0.05, 0.1) is 15.9 Å². The Morgan fingerprint density at radius 1 is 1.15 bits per heavy atom. The van der Waals surface area contributed by atoms with Crippen LogP contribution in [0.4, 0.5) is 0 Å². The van der Waals surface area contributed by atoms with Gasteiger partial charge in [-0.1, -0.05) is 6.08 Å². The molecule has 0 atom stereocenters. The number of imide groups is 1. The van der Waals surface area contributed by atoms with Gasteiger partial charge in [-0.05, 0) is 31.6 Å². The van der Waals surface area contributed by atoms with Gasteiger partial charge in [0.15, 0.2) is 5.76 Å². The van der Waals surface area contributed by atoms with Crippen LogP contribution in [0.15, 0.2) is 33.9 Å².